The van der Waals surface area contributed by atoms with E-state index in [4.69, 9.17) is 10.5 Å². The number of rotatable bonds is 4. The van der Waals surface area contributed by atoms with E-state index in [2.05, 4.69) is 0 Å². The van der Waals surface area contributed by atoms with Gasteiger partial charge in [-0.3, -0.25) is 0 Å². The van der Waals surface area contributed by atoms with Crippen LogP contribution in [-0.2, 0) is 4.74 Å². The summed E-state index contributed by atoms with van der Waals surface area (Å²) in [7, 11) is 0. The van der Waals surface area contributed by atoms with E-state index in [0.717, 1.165) is 26.1 Å². The molecular weight excluding hydrogens is 157 g/mol. The molecule has 0 saturated carbocycles. The van der Waals surface area contributed by atoms with Crippen molar-refractivity contribution in [2.45, 2.75) is 25.9 Å². The lowest BCUT2D eigenvalue weighted by Crippen LogP contribution is -2.25. The van der Waals surface area contributed by atoms with Gasteiger partial charge in [0.15, 0.2) is 0 Å². The fraction of sp³-hybridized carbons (Fsp3) is 1.00. The molecule has 1 heterocycles. The Morgan fingerprint density at radius 2 is 2.42 bits per heavy atom. The minimum absolute atomic E-state index is 0.109. The zero-order valence-corrected chi connectivity index (χ0v) is 7.63. The molecule has 72 valence electrons. The quantitative estimate of drug-likeness (QED) is 0.700. The fourth-order valence-corrected chi connectivity index (χ4v) is 1.92. The van der Waals surface area contributed by atoms with Crippen LogP contribution in [0, 0.1) is 11.8 Å². The smallest absolute Gasteiger partial charge is 0.101 e. The first-order chi connectivity index (χ1) is 5.75. The number of hydrogen-bond donors (Lipinski definition) is 1. The predicted octanol–water partition coefficient (Wildman–Crippen LogP) is 1.35. The second-order valence-corrected chi connectivity index (χ2v) is 3.54. The molecule has 1 aliphatic heterocycles. The summed E-state index contributed by atoms with van der Waals surface area (Å²) < 4.78 is 18.3. The van der Waals surface area contributed by atoms with E-state index in [1.165, 1.54) is 0 Å². The fourth-order valence-electron chi connectivity index (χ4n) is 1.92. The number of ether oxygens (including phenoxy) is 1. The summed E-state index contributed by atoms with van der Waals surface area (Å²) >= 11 is 0. The Balaban J connectivity index is 2.40. The molecule has 3 heteroatoms. The van der Waals surface area contributed by atoms with Crippen molar-refractivity contribution in [2.24, 2.45) is 17.6 Å². The Hall–Kier alpha value is -0.150. The maximum Gasteiger partial charge on any atom is 0.101 e. The third-order valence-corrected chi connectivity index (χ3v) is 2.66. The van der Waals surface area contributed by atoms with Crippen LogP contribution >= 0.6 is 0 Å². The number of nitrogens with two attached hydrogens (primary N) is 1. The Morgan fingerprint density at radius 1 is 1.67 bits per heavy atom. The normalized spacial score (nSPS) is 28.8. The maximum absolute atomic E-state index is 13.1. The SMILES string of the molecule is CC(F)C(CCN)C1CCOC1. The Kier molecular flexibility index (Phi) is 3.95. The first-order valence-electron chi connectivity index (χ1n) is 4.67. The van der Waals surface area contributed by atoms with E-state index in [9.17, 15) is 4.39 Å². The third-order valence-electron chi connectivity index (χ3n) is 2.66. The molecule has 1 rings (SSSR count). The van der Waals surface area contributed by atoms with Gasteiger partial charge in [-0.25, -0.2) is 4.39 Å². The van der Waals surface area contributed by atoms with Gasteiger partial charge in [-0.1, -0.05) is 0 Å². The van der Waals surface area contributed by atoms with Gasteiger partial charge in [0.05, 0.1) is 0 Å². The van der Waals surface area contributed by atoms with E-state index in [-0.39, 0.29) is 5.92 Å². The highest BCUT2D eigenvalue weighted by atomic mass is 19.1. The van der Waals surface area contributed by atoms with Crippen LogP contribution in [0.5, 0.6) is 0 Å². The molecule has 1 aliphatic rings. The van der Waals surface area contributed by atoms with Crippen molar-refractivity contribution in [3.63, 3.8) is 0 Å². The highest BCUT2D eigenvalue weighted by molar-refractivity contribution is 4.77. The second-order valence-electron chi connectivity index (χ2n) is 3.54. The topological polar surface area (TPSA) is 35.2 Å². The molecule has 3 unspecified atom stereocenters. The maximum atomic E-state index is 13.1. The highest BCUT2D eigenvalue weighted by Gasteiger charge is 2.29. The largest absolute Gasteiger partial charge is 0.381 e. The molecule has 0 aromatic carbocycles. The van der Waals surface area contributed by atoms with Crippen LogP contribution in [0.2, 0.25) is 0 Å². The van der Waals surface area contributed by atoms with Crippen LogP contribution in [0.25, 0.3) is 0 Å². The molecule has 2 N–H and O–H groups in total. The van der Waals surface area contributed by atoms with Crippen molar-refractivity contribution < 1.29 is 9.13 Å². The number of alkyl halides is 1. The van der Waals surface area contributed by atoms with Crippen molar-refractivity contribution in [1.82, 2.24) is 0 Å². The van der Waals surface area contributed by atoms with Crippen molar-refractivity contribution in [1.29, 1.82) is 0 Å². The molecule has 0 bridgehead atoms. The Labute approximate surface area is 73.3 Å². The molecule has 2 nitrogen and oxygen atoms in total. The average Bonchev–Trinajstić information content (AvgIpc) is 2.51. The summed E-state index contributed by atoms with van der Waals surface area (Å²) in [6.45, 7) is 3.71. The first kappa shape index (κ1) is 9.93. The lowest BCUT2D eigenvalue weighted by atomic mass is 9.86. The molecule has 0 aromatic rings. The van der Waals surface area contributed by atoms with E-state index in [1.54, 1.807) is 6.92 Å². The lowest BCUT2D eigenvalue weighted by molar-refractivity contribution is 0.134. The average molecular weight is 175 g/mol. The van der Waals surface area contributed by atoms with Gasteiger partial charge in [0.25, 0.3) is 0 Å². The monoisotopic (exact) mass is 175 g/mol. The third kappa shape index (κ3) is 2.42. The van der Waals surface area contributed by atoms with Gasteiger partial charge >= 0.3 is 0 Å². The summed E-state index contributed by atoms with van der Waals surface area (Å²) in [6, 6.07) is 0. The van der Waals surface area contributed by atoms with E-state index in [1.807, 2.05) is 0 Å². The van der Waals surface area contributed by atoms with Crippen LogP contribution in [0.15, 0.2) is 0 Å². The molecule has 0 amide bonds. The van der Waals surface area contributed by atoms with Crippen molar-refractivity contribution in [2.75, 3.05) is 19.8 Å². The molecule has 3 atom stereocenters. The number of halogens is 1. The van der Waals surface area contributed by atoms with Crippen LogP contribution in [0.3, 0.4) is 0 Å². The highest BCUT2D eigenvalue weighted by Crippen LogP contribution is 2.28. The molecule has 0 aliphatic carbocycles. The standard InChI is InChI=1S/C9H18FNO/c1-7(10)9(2-4-11)8-3-5-12-6-8/h7-9H,2-6,11H2,1H3. The molecule has 0 radical (unpaired) electrons. The van der Waals surface area contributed by atoms with Gasteiger partial charge < -0.3 is 10.5 Å². The summed E-state index contributed by atoms with van der Waals surface area (Å²) in [5.74, 6) is 0.506. The van der Waals surface area contributed by atoms with Crippen LogP contribution in [0.4, 0.5) is 4.39 Å². The molecular formula is C9H18FNO. The van der Waals surface area contributed by atoms with Crippen molar-refractivity contribution >= 4 is 0 Å². The van der Waals surface area contributed by atoms with Gasteiger partial charge in [0, 0.05) is 13.2 Å². The van der Waals surface area contributed by atoms with E-state index in [0.29, 0.717) is 12.5 Å². The first-order valence-corrected chi connectivity index (χ1v) is 4.67. The molecule has 0 aromatic heterocycles. The van der Waals surface area contributed by atoms with Crippen molar-refractivity contribution in [3.05, 3.63) is 0 Å². The predicted molar refractivity (Wildman–Crippen MR) is 46.7 cm³/mol. The van der Waals surface area contributed by atoms with Crippen LogP contribution < -0.4 is 5.73 Å². The van der Waals surface area contributed by atoms with E-state index >= 15 is 0 Å². The molecule has 0 spiro atoms. The lowest BCUT2D eigenvalue weighted by Gasteiger charge is -2.22. The zero-order valence-electron chi connectivity index (χ0n) is 7.63. The van der Waals surface area contributed by atoms with Crippen LogP contribution in [0.1, 0.15) is 19.8 Å². The van der Waals surface area contributed by atoms with Gasteiger partial charge in [-0.05, 0) is 38.1 Å². The van der Waals surface area contributed by atoms with Crippen LogP contribution in [-0.4, -0.2) is 25.9 Å². The minimum atomic E-state index is -0.750. The Morgan fingerprint density at radius 3 is 2.83 bits per heavy atom. The number of hydrogen-bond acceptors (Lipinski definition) is 2. The summed E-state index contributed by atoms with van der Waals surface area (Å²) in [6.07, 6.45) is 1.03. The molecule has 12 heavy (non-hydrogen) atoms. The minimum Gasteiger partial charge on any atom is -0.381 e. The Bertz CT molecular complexity index is 124. The van der Waals surface area contributed by atoms with E-state index < -0.39 is 6.17 Å². The summed E-state index contributed by atoms with van der Waals surface area (Å²) in [5.41, 5.74) is 5.43. The molecule has 1 fully saturated rings. The molecule has 1 saturated heterocycles. The zero-order chi connectivity index (χ0) is 8.97. The summed E-state index contributed by atoms with van der Waals surface area (Å²) in [5, 5.41) is 0. The van der Waals surface area contributed by atoms with Crippen molar-refractivity contribution in [3.8, 4) is 0 Å². The van der Waals surface area contributed by atoms with Gasteiger partial charge in [-0.15, -0.1) is 0 Å². The van der Waals surface area contributed by atoms with Gasteiger partial charge in [0.1, 0.15) is 6.17 Å². The van der Waals surface area contributed by atoms with Gasteiger partial charge in [-0.2, -0.15) is 0 Å². The van der Waals surface area contributed by atoms with Gasteiger partial charge in [0.2, 0.25) is 0 Å². The summed E-state index contributed by atoms with van der Waals surface area (Å²) in [4.78, 5) is 0. The second kappa shape index (κ2) is 4.77.